The van der Waals surface area contributed by atoms with Crippen LogP contribution in [-0.2, 0) is 0 Å². The lowest BCUT2D eigenvalue weighted by molar-refractivity contribution is 0.0581. The third-order valence-electron chi connectivity index (χ3n) is 4.51. The summed E-state index contributed by atoms with van der Waals surface area (Å²) >= 11 is 0. The molecule has 2 aliphatic rings. The summed E-state index contributed by atoms with van der Waals surface area (Å²) in [7, 11) is 0. The van der Waals surface area contributed by atoms with Gasteiger partial charge in [-0.25, -0.2) is 4.39 Å². The largest absolute Gasteiger partial charge is 0.502 e. The number of hydrogen-bond acceptors (Lipinski definition) is 5. The molecule has 3 N–H and O–H groups in total. The van der Waals surface area contributed by atoms with Crippen LogP contribution in [0, 0.1) is 0 Å². The SMILES string of the molecule is CC1CCC(CF)N2CN1n1cc(C(N)=O)c(=O)c(O)c1C2=O. The third-order valence-corrected chi connectivity index (χ3v) is 4.51. The highest BCUT2D eigenvalue weighted by Crippen LogP contribution is 2.28. The lowest BCUT2D eigenvalue weighted by Gasteiger charge is -2.41. The molecule has 1 saturated heterocycles. The molecular formula is C14H17FN4O4. The van der Waals surface area contributed by atoms with Crippen LogP contribution in [0.3, 0.4) is 0 Å². The van der Waals surface area contributed by atoms with E-state index in [0.717, 1.165) is 0 Å². The standard InChI is InChI=1S/C14H17FN4O4/c1-7-2-3-8(4-15)17-6-19(7)18-5-9(13(16)22)11(20)12(21)10(18)14(17)23/h5,7-8,21H,2-4,6H2,1H3,(H2,16,22). The van der Waals surface area contributed by atoms with Gasteiger partial charge in [-0.1, -0.05) is 0 Å². The smallest absolute Gasteiger partial charge is 0.278 e. The molecule has 2 atom stereocenters. The second kappa shape index (κ2) is 5.25. The molecule has 8 nitrogen and oxygen atoms in total. The Labute approximate surface area is 130 Å². The number of nitrogens with zero attached hydrogens (tertiary/aromatic N) is 3. The first-order valence-corrected chi connectivity index (χ1v) is 7.29. The number of carbonyl (C=O) groups is 2. The van der Waals surface area contributed by atoms with Crippen LogP contribution in [-0.4, -0.2) is 51.9 Å². The number of alkyl halides is 1. The first-order valence-electron chi connectivity index (χ1n) is 7.29. The molecule has 2 bridgehead atoms. The van der Waals surface area contributed by atoms with Gasteiger partial charge in [-0.3, -0.25) is 24.1 Å². The van der Waals surface area contributed by atoms with Crippen LogP contribution in [0.2, 0.25) is 0 Å². The lowest BCUT2D eigenvalue weighted by Crippen LogP contribution is -2.58. The Morgan fingerprint density at radius 2 is 2.13 bits per heavy atom. The Morgan fingerprint density at radius 3 is 2.74 bits per heavy atom. The maximum Gasteiger partial charge on any atom is 0.278 e. The first-order chi connectivity index (χ1) is 10.9. The quantitative estimate of drug-likeness (QED) is 0.764. The predicted octanol–water partition coefficient (Wildman–Crippen LogP) is -0.475. The van der Waals surface area contributed by atoms with Crippen molar-refractivity contribution in [3.63, 3.8) is 0 Å². The van der Waals surface area contributed by atoms with Crippen molar-refractivity contribution in [3.8, 4) is 5.75 Å². The molecule has 2 unspecified atom stereocenters. The average molecular weight is 324 g/mol. The van der Waals surface area contributed by atoms with Crippen LogP contribution in [0.15, 0.2) is 11.0 Å². The normalized spacial score (nSPS) is 23.5. The number of amides is 2. The van der Waals surface area contributed by atoms with Crippen LogP contribution >= 0.6 is 0 Å². The number of aromatic nitrogens is 1. The fourth-order valence-corrected chi connectivity index (χ4v) is 3.12. The maximum atomic E-state index is 13.3. The topological polar surface area (TPSA) is 109 Å². The van der Waals surface area contributed by atoms with Crippen molar-refractivity contribution < 1.29 is 19.1 Å². The molecule has 3 rings (SSSR count). The number of pyridine rings is 1. The minimum atomic E-state index is -0.998. The second-order valence-corrected chi connectivity index (χ2v) is 5.87. The van der Waals surface area contributed by atoms with Crippen LogP contribution < -0.4 is 16.2 Å². The van der Waals surface area contributed by atoms with Gasteiger partial charge in [0.1, 0.15) is 18.9 Å². The number of aromatic hydroxyl groups is 1. The molecule has 3 heterocycles. The summed E-state index contributed by atoms with van der Waals surface area (Å²) in [5.41, 5.74) is 3.50. The maximum absolute atomic E-state index is 13.3. The third kappa shape index (κ3) is 2.14. The van der Waals surface area contributed by atoms with Gasteiger partial charge >= 0.3 is 0 Å². The molecule has 2 aliphatic heterocycles. The van der Waals surface area contributed by atoms with Crippen LogP contribution in [0.25, 0.3) is 0 Å². The Hall–Kier alpha value is -2.58. The van der Waals surface area contributed by atoms with Crippen LogP contribution in [0.1, 0.15) is 40.6 Å². The highest BCUT2D eigenvalue weighted by Gasteiger charge is 2.40. The van der Waals surface area contributed by atoms with Gasteiger partial charge in [0, 0.05) is 12.2 Å². The van der Waals surface area contributed by atoms with Gasteiger partial charge in [-0.15, -0.1) is 0 Å². The fourth-order valence-electron chi connectivity index (χ4n) is 3.12. The van der Waals surface area contributed by atoms with E-state index in [0.29, 0.717) is 12.8 Å². The average Bonchev–Trinajstić information content (AvgIpc) is 2.65. The van der Waals surface area contributed by atoms with Crippen molar-refractivity contribution in [3.05, 3.63) is 27.7 Å². The minimum Gasteiger partial charge on any atom is -0.502 e. The van der Waals surface area contributed by atoms with Crippen LogP contribution in [0.4, 0.5) is 4.39 Å². The molecule has 0 spiro atoms. The highest BCUT2D eigenvalue weighted by atomic mass is 19.1. The molecule has 0 radical (unpaired) electrons. The summed E-state index contributed by atoms with van der Waals surface area (Å²) in [4.78, 5) is 37.3. The summed E-state index contributed by atoms with van der Waals surface area (Å²) in [5.74, 6) is -2.46. The van der Waals surface area contributed by atoms with E-state index in [1.165, 1.54) is 15.8 Å². The number of fused-ring (bicyclic) bond motifs is 4. The first kappa shape index (κ1) is 15.3. The summed E-state index contributed by atoms with van der Waals surface area (Å²) in [5, 5.41) is 11.8. The number of rotatable bonds is 2. The molecule has 1 aromatic rings. The summed E-state index contributed by atoms with van der Waals surface area (Å²) in [6, 6.07) is -0.683. The molecule has 9 heteroatoms. The van der Waals surface area contributed by atoms with E-state index in [9.17, 15) is 23.9 Å². The van der Waals surface area contributed by atoms with Gasteiger partial charge in [-0.2, -0.15) is 0 Å². The molecule has 1 aromatic heterocycles. The Kier molecular flexibility index (Phi) is 3.50. The fraction of sp³-hybridized carbons (Fsp3) is 0.500. The Bertz CT molecular complexity index is 747. The number of nitrogens with two attached hydrogens (primary N) is 1. The number of hydrogen-bond donors (Lipinski definition) is 2. The zero-order valence-electron chi connectivity index (χ0n) is 12.5. The molecule has 23 heavy (non-hydrogen) atoms. The van der Waals surface area contributed by atoms with E-state index in [4.69, 9.17) is 5.73 Å². The van der Waals surface area contributed by atoms with Crippen molar-refractivity contribution >= 4 is 11.8 Å². The van der Waals surface area contributed by atoms with E-state index in [1.807, 2.05) is 6.92 Å². The zero-order chi connectivity index (χ0) is 16.9. The summed E-state index contributed by atoms with van der Waals surface area (Å²) < 4.78 is 14.6. The molecular weight excluding hydrogens is 307 g/mol. The van der Waals surface area contributed by atoms with Gasteiger partial charge in [0.2, 0.25) is 5.43 Å². The second-order valence-electron chi connectivity index (χ2n) is 5.87. The monoisotopic (exact) mass is 324 g/mol. The zero-order valence-corrected chi connectivity index (χ0v) is 12.5. The van der Waals surface area contributed by atoms with Crippen molar-refractivity contribution in [1.29, 1.82) is 0 Å². The Morgan fingerprint density at radius 1 is 1.43 bits per heavy atom. The van der Waals surface area contributed by atoms with Crippen LogP contribution in [0.5, 0.6) is 5.75 Å². The van der Waals surface area contributed by atoms with Gasteiger partial charge in [0.25, 0.3) is 11.8 Å². The summed E-state index contributed by atoms with van der Waals surface area (Å²) in [6.07, 6.45) is 2.26. The van der Waals surface area contributed by atoms with Gasteiger partial charge in [0.15, 0.2) is 11.4 Å². The van der Waals surface area contributed by atoms with Crippen molar-refractivity contribution in [1.82, 2.24) is 9.58 Å². The van der Waals surface area contributed by atoms with Gasteiger partial charge in [0.05, 0.1) is 6.04 Å². The molecule has 124 valence electrons. The number of carbonyl (C=O) groups excluding carboxylic acids is 2. The summed E-state index contributed by atoms with van der Waals surface area (Å²) in [6.45, 7) is 1.30. The molecule has 0 saturated carbocycles. The number of halogens is 1. The lowest BCUT2D eigenvalue weighted by atomic mass is 10.1. The molecule has 0 aliphatic carbocycles. The van der Waals surface area contributed by atoms with E-state index in [-0.39, 0.29) is 18.4 Å². The van der Waals surface area contributed by atoms with E-state index >= 15 is 0 Å². The molecule has 1 fully saturated rings. The predicted molar refractivity (Wildman–Crippen MR) is 78.6 cm³/mol. The van der Waals surface area contributed by atoms with Crippen molar-refractivity contribution in [2.45, 2.75) is 31.8 Å². The van der Waals surface area contributed by atoms with E-state index < -0.39 is 41.3 Å². The minimum absolute atomic E-state index is 0.0801. The van der Waals surface area contributed by atoms with Crippen molar-refractivity contribution in [2.24, 2.45) is 5.73 Å². The van der Waals surface area contributed by atoms with E-state index in [1.54, 1.807) is 5.01 Å². The van der Waals surface area contributed by atoms with Gasteiger partial charge in [-0.05, 0) is 19.8 Å². The number of primary amides is 1. The van der Waals surface area contributed by atoms with Gasteiger partial charge < -0.3 is 15.7 Å². The Balaban J connectivity index is 2.26. The van der Waals surface area contributed by atoms with Crippen molar-refractivity contribution in [2.75, 3.05) is 18.4 Å². The van der Waals surface area contributed by atoms with E-state index in [2.05, 4.69) is 0 Å². The molecule has 2 amide bonds. The highest BCUT2D eigenvalue weighted by molar-refractivity contribution is 5.99. The molecule has 0 aromatic carbocycles.